The molecular formula is C24H23N3O4S. The number of fused-ring (bicyclic) bond motifs is 1. The van der Waals surface area contributed by atoms with Gasteiger partial charge in [-0.1, -0.05) is 36.4 Å². The zero-order chi connectivity index (χ0) is 22.7. The number of ether oxygens (including phenoxy) is 1. The van der Waals surface area contributed by atoms with Gasteiger partial charge >= 0.3 is 5.69 Å². The zero-order valence-electron chi connectivity index (χ0n) is 17.8. The van der Waals surface area contributed by atoms with E-state index in [9.17, 15) is 14.4 Å². The SMILES string of the molecule is COc1ccc(C)cc1NC(=O)Cn1c(=O)n(CCc2ccccc2)c(=O)c2sccc21. The van der Waals surface area contributed by atoms with E-state index in [0.29, 0.717) is 28.1 Å². The lowest BCUT2D eigenvalue weighted by Crippen LogP contribution is -2.41. The number of carbonyl (C=O) groups is 1. The molecule has 0 aliphatic rings. The van der Waals surface area contributed by atoms with Crippen LogP contribution in [0.4, 0.5) is 5.69 Å². The highest BCUT2D eigenvalue weighted by Gasteiger charge is 2.17. The number of anilines is 1. The van der Waals surface area contributed by atoms with Crippen LogP contribution in [0.15, 0.2) is 69.6 Å². The topological polar surface area (TPSA) is 82.3 Å². The van der Waals surface area contributed by atoms with Gasteiger partial charge in [0.05, 0.1) is 18.3 Å². The van der Waals surface area contributed by atoms with Crippen molar-refractivity contribution in [3.63, 3.8) is 0 Å². The van der Waals surface area contributed by atoms with Gasteiger partial charge in [0.25, 0.3) is 5.56 Å². The van der Waals surface area contributed by atoms with Crippen molar-refractivity contribution in [2.24, 2.45) is 0 Å². The molecule has 0 aliphatic carbocycles. The monoisotopic (exact) mass is 449 g/mol. The first-order valence-corrected chi connectivity index (χ1v) is 11.0. The predicted octanol–water partition coefficient (Wildman–Crippen LogP) is 3.42. The number of aryl methyl sites for hydroxylation is 2. The van der Waals surface area contributed by atoms with E-state index in [4.69, 9.17) is 4.74 Å². The summed E-state index contributed by atoms with van der Waals surface area (Å²) in [6, 6.07) is 16.8. The van der Waals surface area contributed by atoms with E-state index in [1.54, 1.807) is 23.6 Å². The fourth-order valence-electron chi connectivity index (χ4n) is 3.62. The Kier molecular flexibility index (Phi) is 6.23. The molecule has 0 fully saturated rings. The maximum atomic E-state index is 13.2. The van der Waals surface area contributed by atoms with Crippen LogP contribution in [0.1, 0.15) is 11.1 Å². The first kappa shape index (κ1) is 21.6. The summed E-state index contributed by atoms with van der Waals surface area (Å²) in [5.41, 5.74) is 2.17. The van der Waals surface area contributed by atoms with Crippen LogP contribution in [0.2, 0.25) is 0 Å². The van der Waals surface area contributed by atoms with Crippen molar-refractivity contribution in [3.8, 4) is 5.75 Å². The molecule has 7 nitrogen and oxygen atoms in total. The van der Waals surface area contributed by atoms with Crippen LogP contribution in [0.25, 0.3) is 10.2 Å². The first-order chi connectivity index (χ1) is 15.5. The van der Waals surface area contributed by atoms with Gasteiger partial charge in [0.15, 0.2) is 0 Å². The van der Waals surface area contributed by atoms with E-state index in [0.717, 1.165) is 11.1 Å². The molecule has 2 heterocycles. The molecule has 0 spiro atoms. The van der Waals surface area contributed by atoms with Crippen molar-refractivity contribution in [3.05, 3.63) is 91.9 Å². The summed E-state index contributed by atoms with van der Waals surface area (Å²) in [4.78, 5) is 39.0. The first-order valence-electron chi connectivity index (χ1n) is 10.2. The fraction of sp³-hybridized carbons (Fsp3) is 0.208. The maximum Gasteiger partial charge on any atom is 0.332 e. The molecule has 4 aromatic rings. The molecule has 0 bridgehead atoms. The van der Waals surface area contributed by atoms with Crippen LogP contribution in [0, 0.1) is 6.92 Å². The molecule has 0 radical (unpaired) electrons. The third-order valence-electron chi connectivity index (χ3n) is 5.23. The highest BCUT2D eigenvalue weighted by atomic mass is 32.1. The third kappa shape index (κ3) is 4.36. The highest BCUT2D eigenvalue weighted by molar-refractivity contribution is 7.17. The Hall–Kier alpha value is -3.65. The minimum atomic E-state index is -0.497. The average molecular weight is 450 g/mol. The molecule has 0 saturated heterocycles. The molecule has 2 aromatic carbocycles. The molecule has 0 atom stereocenters. The second-order valence-electron chi connectivity index (χ2n) is 7.45. The van der Waals surface area contributed by atoms with Crippen molar-refractivity contribution in [1.82, 2.24) is 9.13 Å². The lowest BCUT2D eigenvalue weighted by atomic mass is 10.1. The van der Waals surface area contributed by atoms with Gasteiger partial charge in [0, 0.05) is 6.54 Å². The largest absolute Gasteiger partial charge is 0.495 e. The van der Waals surface area contributed by atoms with Crippen LogP contribution in [0.5, 0.6) is 5.75 Å². The number of methoxy groups -OCH3 is 1. The Morgan fingerprint density at radius 1 is 1.06 bits per heavy atom. The summed E-state index contributed by atoms with van der Waals surface area (Å²) in [5, 5.41) is 4.57. The average Bonchev–Trinajstić information content (AvgIpc) is 3.28. The molecule has 32 heavy (non-hydrogen) atoms. The zero-order valence-corrected chi connectivity index (χ0v) is 18.6. The summed E-state index contributed by atoms with van der Waals surface area (Å²) in [5.74, 6) is 0.154. The quantitative estimate of drug-likeness (QED) is 0.469. The molecule has 4 rings (SSSR count). The number of nitrogens with zero attached hydrogens (tertiary/aromatic N) is 2. The number of carbonyl (C=O) groups excluding carboxylic acids is 1. The maximum absolute atomic E-state index is 13.2. The second kappa shape index (κ2) is 9.23. The molecule has 1 amide bonds. The Morgan fingerprint density at radius 2 is 1.84 bits per heavy atom. The van der Waals surface area contributed by atoms with Crippen LogP contribution in [0.3, 0.4) is 0 Å². The molecule has 1 N–H and O–H groups in total. The Balaban J connectivity index is 1.66. The Labute approximate surface area is 188 Å². The molecular weight excluding hydrogens is 426 g/mol. The standard InChI is InChI=1S/C24H23N3O4S/c1-16-8-9-20(31-2)18(14-16)25-21(28)15-27-19-11-13-32-22(19)23(29)26(24(27)30)12-10-17-6-4-3-5-7-17/h3-9,11,13-14H,10,12,15H2,1-2H3,(H,25,28). The van der Waals surface area contributed by atoms with E-state index >= 15 is 0 Å². The fourth-order valence-corrected chi connectivity index (χ4v) is 4.46. The van der Waals surface area contributed by atoms with E-state index in [-0.39, 0.29) is 24.6 Å². The second-order valence-corrected chi connectivity index (χ2v) is 8.36. The Morgan fingerprint density at radius 3 is 2.59 bits per heavy atom. The van der Waals surface area contributed by atoms with Crippen molar-refractivity contribution >= 4 is 33.1 Å². The van der Waals surface area contributed by atoms with Crippen LogP contribution in [-0.4, -0.2) is 22.2 Å². The number of amides is 1. The number of hydrogen-bond acceptors (Lipinski definition) is 5. The van der Waals surface area contributed by atoms with Crippen molar-refractivity contribution in [2.45, 2.75) is 26.4 Å². The normalized spacial score (nSPS) is 10.9. The summed E-state index contributed by atoms with van der Waals surface area (Å²) in [7, 11) is 1.53. The van der Waals surface area contributed by atoms with Gasteiger partial charge in [-0.05, 0) is 48.1 Å². The van der Waals surface area contributed by atoms with Gasteiger partial charge in [-0.2, -0.15) is 0 Å². The van der Waals surface area contributed by atoms with Gasteiger partial charge < -0.3 is 10.1 Å². The summed E-state index contributed by atoms with van der Waals surface area (Å²) < 4.78 is 8.34. The number of aromatic nitrogens is 2. The van der Waals surface area contributed by atoms with Crippen molar-refractivity contribution in [2.75, 3.05) is 12.4 Å². The van der Waals surface area contributed by atoms with E-state index in [1.807, 2.05) is 43.3 Å². The van der Waals surface area contributed by atoms with E-state index in [1.165, 1.54) is 27.6 Å². The number of nitrogens with one attached hydrogen (secondary N) is 1. The third-order valence-corrected chi connectivity index (χ3v) is 6.13. The lowest BCUT2D eigenvalue weighted by molar-refractivity contribution is -0.116. The number of hydrogen-bond donors (Lipinski definition) is 1. The minimum absolute atomic E-state index is 0.214. The predicted molar refractivity (Wildman–Crippen MR) is 127 cm³/mol. The molecule has 8 heteroatoms. The molecule has 0 unspecified atom stereocenters. The molecule has 164 valence electrons. The van der Waals surface area contributed by atoms with Crippen molar-refractivity contribution in [1.29, 1.82) is 0 Å². The van der Waals surface area contributed by atoms with E-state index in [2.05, 4.69) is 5.32 Å². The number of benzene rings is 2. The molecule has 0 aliphatic heterocycles. The lowest BCUT2D eigenvalue weighted by Gasteiger charge is -2.14. The summed E-state index contributed by atoms with van der Waals surface area (Å²) in [6.45, 7) is 1.94. The summed E-state index contributed by atoms with van der Waals surface area (Å²) >= 11 is 1.27. The smallest absolute Gasteiger partial charge is 0.332 e. The van der Waals surface area contributed by atoms with Gasteiger partial charge in [-0.25, -0.2) is 4.79 Å². The Bertz CT molecular complexity index is 1390. The molecule has 0 saturated carbocycles. The van der Waals surface area contributed by atoms with Gasteiger partial charge in [-0.15, -0.1) is 11.3 Å². The number of thiophene rings is 1. The summed E-state index contributed by atoms with van der Waals surface area (Å²) in [6.07, 6.45) is 0.541. The van der Waals surface area contributed by atoms with Crippen LogP contribution < -0.4 is 21.3 Å². The van der Waals surface area contributed by atoms with Crippen LogP contribution in [-0.2, 0) is 24.3 Å². The van der Waals surface area contributed by atoms with Gasteiger partial charge in [-0.3, -0.25) is 18.7 Å². The van der Waals surface area contributed by atoms with Crippen LogP contribution >= 0.6 is 11.3 Å². The molecule has 2 aromatic heterocycles. The van der Waals surface area contributed by atoms with Crippen molar-refractivity contribution < 1.29 is 9.53 Å². The van der Waals surface area contributed by atoms with Gasteiger partial charge in [0.2, 0.25) is 5.91 Å². The van der Waals surface area contributed by atoms with E-state index < -0.39 is 5.69 Å². The van der Waals surface area contributed by atoms with Gasteiger partial charge in [0.1, 0.15) is 17.0 Å². The number of rotatable bonds is 7. The highest BCUT2D eigenvalue weighted by Crippen LogP contribution is 2.25. The minimum Gasteiger partial charge on any atom is -0.495 e.